The summed E-state index contributed by atoms with van der Waals surface area (Å²) in [6, 6.07) is 11.8. The lowest BCUT2D eigenvalue weighted by Gasteiger charge is -2.34. The number of nitrogens with zero attached hydrogens (tertiary/aromatic N) is 3. The van der Waals surface area contributed by atoms with Gasteiger partial charge in [-0.05, 0) is 38.0 Å². The Morgan fingerprint density at radius 3 is 2.85 bits per heavy atom. The summed E-state index contributed by atoms with van der Waals surface area (Å²) in [5, 5.41) is 7.93. The summed E-state index contributed by atoms with van der Waals surface area (Å²) in [5.74, 6) is 2.41. The van der Waals surface area contributed by atoms with Crippen LogP contribution >= 0.6 is 0 Å². The first-order chi connectivity index (χ1) is 13.1. The highest BCUT2D eigenvalue weighted by Crippen LogP contribution is 2.44. The Labute approximate surface area is 156 Å². The van der Waals surface area contributed by atoms with Gasteiger partial charge >= 0.3 is 0 Å². The molecule has 27 heavy (non-hydrogen) atoms. The van der Waals surface area contributed by atoms with E-state index < -0.39 is 0 Å². The van der Waals surface area contributed by atoms with Crippen molar-refractivity contribution in [3.63, 3.8) is 0 Å². The molecule has 1 N–H and O–H groups in total. The molecule has 3 heterocycles. The first-order valence-electron chi connectivity index (χ1n) is 9.16. The minimum absolute atomic E-state index is 0.0486. The van der Waals surface area contributed by atoms with Crippen LogP contribution in [0.1, 0.15) is 47.5 Å². The Morgan fingerprint density at radius 2 is 2.07 bits per heavy atom. The van der Waals surface area contributed by atoms with Crippen molar-refractivity contribution in [2.24, 2.45) is 0 Å². The van der Waals surface area contributed by atoms with E-state index in [0.29, 0.717) is 18.2 Å². The molecule has 2 aliphatic rings. The van der Waals surface area contributed by atoms with Crippen LogP contribution in [0.3, 0.4) is 0 Å². The van der Waals surface area contributed by atoms with E-state index in [9.17, 15) is 4.79 Å². The predicted octanol–water partition coefficient (Wildman–Crippen LogP) is 3.90. The van der Waals surface area contributed by atoms with Crippen LogP contribution in [0.5, 0.6) is 0 Å². The fourth-order valence-corrected chi connectivity index (χ4v) is 4.19. The maximum atomic E-state index is 13.2. The quantitative estimate of drug-likeness (QED) is 0.750. The Morgan fingerprint density at radius 1 is 1.19 bits per heavy atom. The summed E-state index contributed by atoms with van der Waals surface area (Å²) in [4.78, 5) is 17.7. The van der Waals surface area contributed by atoms with E-state index in [1.54, 1.807) is 6.26 Å². The summed E-state index contributed by atoms with van der Waals surface area (Å²) in [6.07, 6.45) is 2.83. The summed E-state index contributed by atoms with van der Waals surface area (Å²) in [6.45, 7) is 3.93. The van der Waals surface area contributed by atoms with E-state index in [4.69, 9.17) is 4.42 Å². The van der Waals surface area contributed by atoms with E-state index in [0.717, 1.165) is 34.6 Å². The highest BCUT2D eigenvalue weighted by atomic mass is 16.3. The molecule has 0 amide bonds. The zero-order valence-electron chi connectivity index (χ0n) is 15.3. The van der Waals surface area contributed by atoms with Gasteiger partial charge in [-0.1, -0.05) is 29.8 Å². The van der Waals surface area contributed by atoms with Gasteiger partial charge in [0.1, 0.15) is 17.6 Å². The van der Waals surface area contributed by atoms with Gasteiger partial charge in [0, 0.05) is 23.6 Å². The number of carbonyl (C=O) groups excluding carboxylic acids is 1. The van der Waals surface area contributed by atoms with Crippen LogP contribution < -0.4 is 5.32 Å². The summed E-state index contributed by atoms with van der Waals surface area (Å²) < 4.78 is 7.41. The van der Waals surface area contributed by atoms with Crippen LogP contribution in [-0.2, 0) is 4.79 Å². The topological polar surface area (TPSA) is 73.0 Å². The molecule has 0 fully saturated rings. The molecule has 2 aromatic heterocycles. The van der Waals surface area contributed by atoms with Gasteiger partial charge in [-0.25, -0.2) is 4.68 Å². The number of aryl methyl sites for hydroxylation is 2. The van der Waals surface area contributed by atoms with Crippen LogP contribution in [0.25, 0.3) is 0 Å². The van der Waals surface area contributed by atoms with Crippen LogP contribution in [0.4, 0.5) is 5.95 Å². The lowest BCUT2D eigenvalue weighted by Crippen LogP contribution is -2.33. The normalized spacial score (nSPS) is 21.6. The predicted molar refractivity (Wildman–Crippen MR) is 100 cm³/mol. The van der Waals surface area contributed by atoms with Crippen LogP contribution in [0, 0.1) is 13.8 Å². The maximum Gasteiger partial charge on any atom is 0.226 e. The second kappa shape index (κ2) is 5.94. The van der Waals surface area contributed by atoms with Gasteiger partial charge in [0.05, 0.1) is 6.26 Å². The van der Waals surface area contributed by atoms with Crippen LogP contribution in [0.2, 0.25) is 0 Å². The largest absolute Gasteiger partial charge is 0.469 e. The Bertz CT molecular complexity index is 1060. The summed E-state index contributed by atoms with van der Waals surface area (Å²) in [5.41, 5.74) is 3.93. The van der Waals surface area contributed by atoms with E-state index in [1.807, 2.05) is 29.8 Å². The molecule has 1 aliphatic heterocycles. The number of anilines is 1. The molecule has 0 radical (unpaired) electrons. The molecule has 6 heteroatoms. The molecular weight excluding hydrogens is 340 g/mol. The zero-order valence-corrected chi connectivity index (χ0v) is 15.3. The number of aromatic nitrogens is 3. The van der Waals surface area contributed by atoms with E-state index in [1.165, 1.54) is 0 Å². The molecular formula is C21H20N4O2. The average molecular weight is 360 g/mol. The van der Waals surface area contributed by atoms with Crippen molar-refractivity contribution in [3.05, 3.63) is 76.6 Å². The van der Waals surface area contributed by atoms with Crippen molar-refractivity contribution < 1.29 is 9.21 Å². The maximum absolute atomic E-state index is 13.2. The third-order valence-corrected chi connectivity index (χ3v) is 5.33. The highest BCUT2D eigenvalue weighted by molar-refractivity contribution is 6.00. The first-order valence-corrected chi connectivity index (χ1v) is 9.16. The Balaban J connectivity index is 1.65. The molecule has 1 aliphatic carbocycles. The number of nitrogens with one attached hydrogen (secondary N) is 1. The lowest BCUT2D eigenvalue weighted by atomic mass is 9.79. The number of benzene rings is 1. The van der Waals surface area contributed by atoms with E-state index in [2.05, 4.69) is 40.5 Å². The van der Waals surface area contributed by atoms with E-state index in [-0.39, 0.29) is 17.7 Å². The second-order valence-electron chi connectivity index (χ2n) is 7.30. The monoisotopic (exact) mass is 360 g/mol. The molecule has 1 aromatic carbocycles. The zero-order chi connectivity index (χ0) is 18.5. The van der Waals surface area contributed by atoms with Crippen molar-refractivity contribution in [1.82, 2.24) is 14.8 Å². The second-order valence-corrected chi connectivity index (χ2v) is 7.30. The molecule has 5 rings (SSSR count). The first kappa shape index (κ1) is 16.1. The third-order valence-electron chi connectivity index (χ3n) is 5.33. The number of fused-ring (bicyclic) bond motifs is 1. The number of Topliss-reactive ketones (excluding diaryl/α,β-unsaturated/α-hetero) is 1. The number of hydrogen-bond acceptors (Lipinski definition) is 5. The Hall–Kier alpha value is -3.15. The van der Waals surface area contributed by atoms with Crippen molar-refractivity contribution in [3.8, 4) is 0 Å². The van der Waals surface area contributed by atoms with Gasteiger partial charge in [-0.3, -0.25) is 4.79 Å². The highest BCUT2D eigenvalue weighted by Gasteiger charge is 2.40. The molecule has 0 spiro atoms. The van der Waals surface area contributed by atoms with Crippen molar-refractivity contribution in [2.45, 2.75) is 38.6 Å². The minimum atomic E-state index is -0.248. The number of ketones is 1. The van der Waals surface area contributed by atoms with E-state index >= 15 is 0 Å². The molecule has 2 atom stereocenters. The van der Waals surface area contributed by atoms with Gasteiger partial charge in [0.15, 0.2) is 5.78 Å². The van der Waals surface area contributed by atoms with Gasteiger partial charge in [-0.15, -0.1) is 0 Å². The van der Waals surface area contributed by atoms with Gasteiger partial charge in [0.2, 0.25) is 5.95 Å². The SMILES string of the molecule is Cc1cccc([C@@H]2C3=C(C[C@H](c4ccco4)CC3=O)Nc3nc(C)nn32)c1. The smallest absolute Gasteiger partial charge is 0.226 e. The number of rotatable bonds is 2. The fourth-order valence-electron chi connectivity index (χ4n) is 4.19. The fraction of sp³-hybridized carbons (Fsp3) is 0.286. The van der Waals surface area contributed by atoms with Crippen molar-refractivity contribution in [1.29, 1.82) is 0 Å². The summed E-state index contributed by atoms with van der Waals surface area (Å²) >= 11 is 0. The average Bonchev–Trinajstić information content (AvgIpc) is 3.28. The van der Waals surface area contributed by atoms with Crippen molar-refractivity contribution >= 4 is 11.7 Å². The van der Waals surface area contributed by atoms with Crippen LogP contribution in [0.15, 0.2) is 58.3 Å². The van der Waals surface area contributed by atoms with Gasteiger partial charge < -0.3 is 9.73 Å². The Kier molecular flexibility index (Phi) is 3.53. The number of carbonyl (C=O) groups is 1. The van der Waals surface area contributed by atoms with Crippen molar-refractivity contribution in [2.75, 3.05) is 5.32 Å². The van der Waals surface area contributed by atoms with Gasteiger partial charge in [-0.2, -0.15) is 10.1 Å². The summed E-state index contributed by atoms with van der Waals surface area (Å²) in [7, 11) is 0. The molecule has 0 saturated heterocycles. The van der Waals surface area contributed by atoms with Crippen LogP contribution in [-0.4, -0.2) is 20.5 Å². The molecule has 136 valence electrons. The standard InChI is InChI=1S/C21H20N4O2/c1-12-5-3-6-14(9-12)20-19-16(23-21-22-13(2)24-25(20)21)10-15(11-17(19)26)18-7-4-8-27-18/h3-9,15,20H,10-11H2,1-2H3,(H,22,23,24)/t15-,20+/m0/s1. The molecule has 3 aromatic rings. The molecule has 0 unspecified atom stereocenters. The number of furan rings is 1. The van der Waals surface area contributed by atoms with Gasteiger partial charge in [0.25, 0.3) is 0 Å². The minimum Gasteiger partial charge on any atom is -0.469 e. The number of allylic oxidation sites excluding steroid dienone is 2. The number of hydrogen-bond donors (Lipinski definition) is 1. The molecule has 6 nitrogen and oxygen atoms in total. The molecule has 0 saturated carbocycles. The third kappa shape index (κ3) is 2.60. The molecule has 0 bridgehead atoms. The lowest BCUT2D eigenvalue weighted by molar-refractivity contribution is -0.117.